The highest BCUT2D eigenvalue weighted by atomic mass is 32.1. The zero-order valence-corrected chi connectivity index (χ0v) is 13.4. The molecule has 6 heteroatoms. The minimum atomic E-state index is -0.498. The van der Waals surface area contributed by atoms with Crippen LogP contribution in [0.3, 0.4) is 0 Å². The van der Waals surface area contributed by atoms with Crippen LogP contribution in [0.4, 0.5) is 16.2 Å². The fourth-order valence-electron chi connectivity index (χ4n) is 2.32. The van der Waals surface area contributed by atoms with Gasteiger partial charge >= 0.3 is 6.09 Å². The summed E-state index contributed by atoms with van der Waals surface area (Å²) in [5.41, 5.74) is 7.81. The molecule has 1 aliphatic rings. The third-order valence-corrected chi connectivity index (χ3v) is 3.18. The van der Waals surface area contributed by atoms with Crippen LogP contribution in [0.2, 0.25) is 0 Å². The number of thiocarbonyl (C=S) groups is 1. The molecular formula is C15H21N3O2S. The zero-order valence-electron chi connectivity index (χ0n) is 12.6. The van der Waals surface area contributed by atoms with Gasteiger partial charge in [0.2, 0.25) is 0 Å². The molecule has 0 spiro atoms. The van der Waals surface area contributed by atoms with E-state index in [1.807, 2.05) is 39.0 Å². The second-order valence-electron chi connectivity index (χ2n) is 6.07. The van der Waals surface area contributed by atoms with Gasteiger partial charge in [0, 0.05) is 12.2 Å². The second kappa shape index (κ2) is 5.89. The fraction of sp³-hybridized carbons (Fsp3) is 0.467. The third-order valence-electron chi connectivity index (χ3n) is 3.08. The minimum Gasteiger partial charge on any atom is -0.443 e. The maximum atomic E-state index is 12.3. The Bertz CT molecular complexity index is 567. The third kappa shape index (κ3) is 4.07. The number of nitrogens with two attached hydrogens (primary N) is 1. The van der Waals surface area contributed by atoms with E-state index in [0.717, 1.165) is 29.8 Å². The predicted molar refractivity (Wildman–Crippen MR) is 88.8 cm³/mol. The first-order valence-electron chi connectivity index (χ1n) is 6.96. The molecule has 0 aromatic heterocycles. The number of anilines is 2. The monoisotopic (exact) mass is 307 g/mol. The van der Waals surface area contributed by atoms with Crippen molar-refractivity contribution >= 4 is 34.8 Å². The van der Waals surface area contributed by atoms with Gasteiger partial charge in [0.1, 0.15) is 5.60 Å². The molecule has 0 saturated carbocycles. The van der Waals surface area contributed by atoms with E-state index in [0.29, 0.717) is 6.54 Å². The van der Waals surface area contributed by atoms with Crippen molar-refractivity contribution in [1.29, 1.82) is 0 Å². The van der Waals surface area contributed by atoms with Gasteiger partial charge in [-0.1, -0.05) is 0 Å². The SMILES string of the molecule is CC(C)(C)OC(=O)N1CCCc2cc(NC(N)=S)ccc21. The van der Waals surface area contributed by atoms with Gasteiger partial charge < -0.3 is 15.8 Å². The van der Waals surface area contributed by atoms with Gasteiger partial charge in [-0.15, -0.1) is 0 Å². The van der Waals surface area contributed by atoms with Crippen molar-refractivity contribution in [3.63, 3.8) is 0 Å². The maximum Gasteiger partial charge on any atom is 0.414 e. The molecule has 2 rings (SSSR count). The smallest absolute Gasteiger partial charge is 0.414 e. The van der Waals surface area contributed by atoms with Crippen LogP contribution in [-0.2, 0) is 11.2 Å². The number of nitrogens with zero attached hydrogens (tertiary/aromatic N) is 1. The summed E-state index contributed by atoms with van der Waals surface area (Å²) in [5.74, 6) is 0. The summed E-state index contributed by atoms with van der Waals surface area (Å²) in [4.78, 5) is 14.0. The van der Waals surface area contributed by atoms with E-state index in [4.69, 9.17) is 22.7 Å². The van der Waals surface area contributed by atoms with Crippen molar-refractivity contribution < 1.29 is 9.53 Å². The van der Waals surface area contributed by atoms with Gasteiger partial charge in [-0.3, -0.25) is 4.90 Å². The Morgan fingerprint density at radius 3 is 2.76 bits per heavy atom. The summed E-state index contributed by atoms with van der Waals surface area (Å²) in [6.45, 7) is 6.27. The number of benzene rings is 1. The fourth-order valence-corrected chi connectivity index (χ4v) is 2.44. The van der Waals surface area contributed by atoms with Crippen molar-refractivity contribution in [2.75, 3.05) is 16.8 Å². The Balaban J connectivity index is 2.23. The molecule has 0 saturated heterocycles. The molecule has 1 aromatic rings. The largest absolute Gasteiger partial charge is 0.443 e. The number of nitrogens with one attached hydrogen (secondary N) is 1. The molecule has 3 N–H and O–H groups in total. The summed E-state index contributed by atoms with van der Waals surface area (Å²) < 4.78 is 5.46. The Labute approximate surface area is 130 Å². The quantitative estimate of drug-likeness (QED) is 0.781. The van der Waals surface area contributed by atoms with Crippen molar-refractivity contribution in [3.8, 4) is 0 Å². The summed E-state index contributed by atoms with van der Waals surface area (Å²) in [5, 5.41) is 3.14. The van der Waals surface area contributed by atoms with Crippen LogP contribution in [0.1, 0.15) is 32.8 Å². The molecule has 21 heavy (non-hydrogen) atoms. The van der Waals surface area contributed by atoms with E-state index in [2.05, 4.69) is 5.32 Å². The van der Waals surface area contributed by atoms with Crippen LogP contribution in [-0.4, -0.2) is 23.4 Å². The first-order chi connectivity index (χ1) is 9.76. The molecule has 0 bridgehead atoms. The van der Waals surface area contributed by atoms with E-state index in [9.17, 15) is 4.79 Å². The summed E-state index contributed by atoms with van der Waals surface area (Å²) in [6, 6.07) is 5.74. The molecule has 5 nitrogen and oxygen atoms in total. The molecule has 1 amide bonds. The highest BCUT2D eigenvalue weighted by Gasteiger charge is 2.27. The average Bonchev–Trinajstić information content (AvgIpc) is 2.34. The number of hydrogen-bond donors (Lipinski definition) is 2. The van der Waals surface area contributed by atoms with E-state index in [-0.39, 0.29) is 11.2 Å². The van der Waals surface area contributed by atoms with Crippen molar-refractivity contribution in [2.24, 2.45) is 5.73 Å². The standard InChI is InChI=1S/C15H21N3O2S/c1-15(2,3)20-14(19)18-8-4-5-10-9-11(17-13(16)21)6-7-12(10)18/h6-7,9H,4-5,8H2,1-3H3,(H3,16,17,21). The lowest BCUT2D eigenvalue weighted by molar-refractivity contribution is 0.0578. The summed E-state index contributed by atoms with van der Waals surface area (Å²) in [7, 11) is 0. The molecule has 0 fully saturated rings. The molecule has 1 aliphatic heterocycles. The lowest BCUT2D eigenvalue weighted by atomic mass is 10.0. The van der Waals surface area contributed by atoms with Crippen LogP contribution in [0, 0.1) is 0 Å². The number of carbonyl (C=O) groups excluding carboxylic acids is 1. The van der Waals surface area contributed by atoms with Gasteiger partial charge in [0.05, 0.1) is 5.69 Å². The molecule has 114 valence electrons. The van der Waals surface area contributed by atoms with Gasteiger partial charge in [-0.25, -0.2) is 4.79 Å². The number of ether oxygens (including phenoxy) is 1. The number of fused-ring (bicyclic) bond motifs is 1. The second-order valence-corrected chi connectivity index (χ2v) is 6.51. The van der Waals surface area contributed by atoms with Crippen LogP contribution in [0.15, 0.2) is 18.2 Å². The van der Waals surface area contributed by atoms with E-state index >= 15 is 0 Å². The summed E-state index contributed by atoms with van der Waals surface area (Å²) in [6.07, 6.45) is 1.52. The molecule has 1 aromatic carbocycles. The Morgan fingerprint density at radius 2 is 2.14 bits per heavy atom. The number of amides is 1. The highest BCUT2D eigenvalue weighted by Crippen LogP contribution is 2.30. The first-order valence-corrected chi connectivity index (χ1v) is 7.37. The number of hydrogen-bond acceptors (Lipinski definition) is 3. The molecule has 0 unspecified atom stereocenters. The average molecular weight is 307 g/mol. The Kier molecular flexibility index (Phi) is 4.37. The van der Waals surface area contributed by atoms with E-state index in [1.54, 1.807) is 4.90 Å². The number of carbonyl (C=O) groups is 1. The van der Waals surface area contributed by atoms with Gasteiger partial charge in [0.25, 0.3) is 0 Å². The molecule has 0 radical (unpaired) electrons. The van der Waals surface area contributed by atoms with Gasteiger partial charge in [-0.05, 0) is 69.6 Å². The van der Waals surface area contributed by atoms with Crippen LogP contribution in [0.25, 0.3) is 0 Å². The van der Waals surface area contributed by atoms with Crippen molar-refractivity contribution in [2.45, 2.75) is 39.2 Å². The lowest BCUT2D eigenvalue weighted by Crippen LogP contribution is -2.39. The van der Waals surface area contributed by atoms with Gasteiger partial charge in [0.15, 0.2) is 5.11 Å². The minimum absolute atomic E-state index is 0.231. The summed E-state index contributed by atoms with van der Waals surface area (Å²) >= 11 is 4.84. The van der Waals surface area contributed by atoms with Gasteiger partial charge in [-0.2, -0.15) is 0 Å². The molecule has 0 atom stereocenters. The highest BCUT2D eigenvalue weighted by molar-refractivity contribution is 7.80. The zero-order chi connectivity index (χ0) is 15.6. The first kappa shape index (κ1) is 15.6. The Hall–Kier alpha value is -1.82. The maximum absolute atomic E-state index is 12.3. The number of rotatable bonds is 1. The lowest BCUT2D eigenvalue weighted by Gasteiger charge is -2.32. The molecule has 1 heterocycles. The number of aryl methyl sites for hydroxylation is 1. The van der Waals surface area contributed by atoms with E-state index < -0.39 is 5.60 Å². The normalized spacial score (nSPS) is 14.3. The van der Waals surface area contributed by atoms with Crippen LogP contribution < -0.4 is 16.0 Å². The van der Waals surface area contributed by atoms with Crippen molar-refractivity contribution in [1.82, 2.24) is 0 Å². The van der Waals surface area contributed by atoms with E-state index in [1.165, 1.54) is 0 Å². The van der Waals surface area contributed by atoms with Crippen LogP contribution >= 0.6 is 12.2 Å². The predicted octanol–water partition coefficient (Wildman–Crippen LogP) is 3.03. The topological polar surface area (TPSA) is 67.6 Å². The Morgan fingerprint density at radius 1 is 1.43 bits per heavy atom. The molecular weight excluding hydrogens is 286 g/mol. The molecule has 0 aliphatic carbocycles. The van der Waals surface area contributed by atoms with Crippen LogP contribution in [0.5, 0.6) is 0 Å². The van der Waals surface area contributed by atoms with Crippen molar-refractivity contribution in [3.05, 3.63) is 23.8 Å².